The Morgan fingerprint density at radius 1 is 1.37 bits per heavy atom. The van der Waals surface area contributed by atoms with Crippen molar-refractivity contribution in [1.29, 1.82) is 0 Å². The Labute approximate surface area is 111 Å². The third-order valence-electron chi connectivity index (χ3n) is 2.90. The van der Waals surface area contributed by atoms with Crippen LogP contribution in [0.4, 0.5) is 4.39 Å². The second kappa shape index (κ2) is 5.82. The van der Waals surface area contributed by atoms with Gasteiger partial charge in [-0.1, -0.05) is 25.1 Å². The molecule has 1 amide bonds. The molecule has 2 N–H and O–H groups in total. The van der Waals surface area contributed by atoms with Crippen molar-refractivity contribution in [2.24, 2.45) is 5.92 Å². The number of aliphatic carboxylic acids is 1. The van der Waals surface area contributed by atoms with Crippen LogP contribution in [0, 0.1) is 11.7 Å². The molecule has 0 heterocycles. The van der Waals surface area contributed by atoms with E-state index in [2.05, 4.69) is 5.32 Å². The smallest absolute Gasteiger partial charge is 0.328 e. The summed E-state index contributed by atoms with van der Waals surface area (Å²) in [6.07, 6.45) is 0.230. The van der Waals surface area contributed by atoms with Crippen molar-refractivity contribution in [2.45, 2.75) is 32.7 Å². The van der Waals surface area contributed by atoms with Crippen LogP contribution >= 0.6 is 0 Å². The molecule has 0 fully saturated rings. The van der Waals surface area contributed by atoms with Crippen LogP contribution in [0.5, 0.6) is 0 Å². The zero-order valence-electron chi connectivity index (χ0n) is 11.2. The highest BCUT2D eigenvalue weighted by Gasteiger charge is 2.30. The first kappa shape index (κ1) is 15.1. The molecule has 0 saturated heterocycles. The molecule has 0 saturated carbocycles. The summed E-state index contributed by atoms with van der Waals surface area (Å²) in [6.45, 7) is 4.45. The first-order valence-electron chi connectivity index (χ1n) is 6.03. The van der Waals surface area contributed by atoms with Crippen molar-refractivity contribution in [3.05, 3.63) is 35.6 Å². The van der Waals surface area contributed by atoms with E-state index in [1.54, 1.807) is 25.1 Å². The molecule has 0 aliphatic heterocycles. The number of nitrogens with one attached hydrogen (secondary N) is 1. The molecule has 0 aromatic heterocycles. The SMILES string of the molecule is CC(Cc1ccccc1F)C(=O)NC(C)(C)C(=O)O. The van der Waals surface area contributed by atoms with Gasteiger partial charge in [0.2, 0.25) is 5.91 Å². The molecule has 1 unspecified atom stereocenters. The van der Waals surface area contributed by atoms with Crippen molar-refractivity contribution in [2.75, 3.05) is 0 Å². The zero-order valence-corrected chi connectivity index (χ0v) is 11.2. The van der Waals surface area contributed by atoms with Gasteiger partial charge in [-0.05, 0) is 31.9 Å². The summed E-state index contributed by atoms with van der Waals surface area (Å²) in [4.78, 5) is 22.8. The maximum absolute atomic E-state index is 13.5. The molecule has 1 atom stereocenters. The van der Waals surface area contributed by atoms with Gasteiger partial charge in [0.25, 0.3) is 0 Å². The minimum atomic E-state index is -1.33. The second-order valence-electron chi connectivity index (χ2n) is 5.12. The predicted octanol–water partition coefficient (Wildman–Crippen LogP) is 1.98. The number of carboxylic acids is 1. The van der Waals surface area contributed by atoms with E-state index in [1.807, 2.05) is 0 Å². The molecule has 1 aromatic carbocycles. The lowest BCUT2D eigenvalue weighted by Crippen LogP contribution is -2.51. The van der Waals surface area contributed by atoms with E-state index < -0.39 is 23.3 Å². The molecule has 1 rings (SSSR count). The molecule has 104 valence electrons. The Hall–Kier alpha value is -1.91. The predicted molar refractivity (Wildman–Crippen MR) is 69.1 cm³/mol. The highest BCUT2D eigenvalue weighted by molar-refractivity contribution is 5.87. The Morgan fingerprint density at radius 2 is 1.95 bits per heavy atom. The number of benzene rings is 1. The normalized spacial score (nSPS) is 12.8. The minimum Gasteiger partial charge on any atom is -0.480 e. The van der Waals surface area contributed by atoms with Gasteiger partial charge < -0.3 is 10.4 Å². The first-order valence-corrected chi connectivity index (χ1v) is 6.03. The number of hydrogen-bond donors (Lipinski definition) is 2. The maximum Gasteiger partial charge on any atom is 0.328 e. The summed E-state index contributed by atoms with van der Waals surface area (Å²) >= 11 is 0. The molecule has 0 radical (unpaired) electrons. The van der Waals surface area contributed by atoms with Crippen LogP contribution in [0.25, 0.3) is 0 Å². The molecule has 0 aliphatic rings. The lowest BCUT2D eigenvalue weighted by Gasteiger charge is -2.23. The average Bonchev–Trinajstić information content (AvgIpc) is 2.31. The van der Waals surface area contributed by atoms with E-state index >= 15 is 0 Å². The number of carboxylic acid groups (broad SMARTS) is 1. The number of amides is 1. The Bertz CT molecular complexity index is 485. The van der Waals surface area contributed by atoms with Crippen LogP contribution in [0.2, 0.25) is 0 Å². The standard InChI is InChI=1S/C14H18FNO3/c1-9(8-10-6-4-5-7-11(10)15)12(17)16-14(2,3)13(18)19/h4-7,9H,8H2,1-3H3,(H,16,17)(H,18,19). The van der Waals surface area contributed by atoms with Crippen molar-refractivity contribution < 1.29 is 19.1 Å². The number of rotatable bonds is 5. The van der Waals surface area contributed by atoms with E-state index in [-0.39, 0.29) is 12.2 Å². The number of carbonyl (C=O) groups excluding carboxylic acids is 1. The lowest BCUT2D eigenvalue weighted by atomic mass is 9.98. The highest BCUT2D eigenvalue weighted by Crippen LogP contribution is 2.14. The van der Waals surface area contributed by atoms with E-state index in [4.69, 9.17) is 5.11 Å². The van der Waals surface area contributed by atoms with Gasteiger partial charge in [-0.15, -0.1) is 0 Å². The van der Waals surface area contributed by atoms with Gasteiger partial charge in [-0.25, -0.2) is 9.18 Å². The van der Waals surface area contributed by atoms with Crippen molar-refractivity contribution in [3.63, 3.8) is 0 Å². The van der Waals surface area contributed by atoms with Crippen molar-refractivity contribution in [3.8, 4) is 0 Å². The summed E-state index contributed by atoms with van der Waals surface area (Å²) in [7, 11) is 0. The number of hydrogen-bond acceptors (Lipinski definition) is 2. The molecule has 0 aliphatic carbocycles. The molecule has 5 heteroatoms. The molecule has 1 aromatic rings. The number of halogens is 1. The van der Waals surface area contributed by atoms with Crippen LogP contribution in [-0.2, 0) is 16.0 Å². The second-order valence-corrected chi connectivity index (χ2v) is 5.12. The fraction of sp³-hybridized carbons (Fsp3) is 0.429. The van der Waals surface area contributed by atoms with Crippen LogP contribution in [0.15, 0.2) is 24.3 Å². The third kappa shape index (κ3) is 4.05. The van der Waals surface area contributed by atoms with Gasteiger partial charge in [-0.3, -0.25) is 4.79 Å². The summed E-state index contributed by atoms with van der Waals surface area (Å²) in [5, 5.41) is 11.4. The Morgan fingerprint density at radius 3 is 2.47 bits per heavy atom. The van der Waals surface area contributed by atoms with E-state index in [9.17, 15) is 14.0 Å². The molecular formula is C14H18FNO3. The first-order chi connectivity index (χ1) is 8.74. The van der Waals surface area contributed by atoms with Gasteiger partial charge in [-0.2, -0.15) is 0 Å². The number of carbonyl (C=O) groups is 2. The monoisotopic (exact) mass is 267 g/mol. The Kier molecular flexibility index (Phi) is 4.64. The molecule has 19 heavy (non-hydrogen) atoms. The van der Waals surface area contributed by atoms with Gasteiger partial charge in [0.1, 0.15) is 11.4 Å². The van der Waals surface area contributed by atoms with Gasteiger partial charge in [0, 0.05) is 5.92 Å². The van der Waals surface area contributed by atoms with Crippen LogP contribution < -0.4 is 5.32 Å². The van der Waals surface area contributed by atoms with Gasteiger partial charge in [0.15, 0.2) is 0 Å². The fourth-order valence-corrected chi connectivity index (χ4v) is 1.57. The Balaban J connectivity index is 2.69. The minimum absolute atomic E-state index is 0.230. The fourth-order valence-electron chi connectivity index (χ4n) is 1.57. The largest absolute Gasteiger partial charge is 0.480 e. The maximum atomic E-state index is 13.5. The molecular weight excluding hydrogens is 249 g/mol. The van der Waals surface area contributed by atoms with E-state index in [1.165, 1.54) is 19.9 Å². The topological polar surface area (TPSA) is 66.4 Å². The van der Waals surface area contributed by atoms with Gasteiger partial charge in [0.05, 0.1) is 0 Å². The summed E-state index contributed by atoms with van der Waals surface area (Å²) in [5.41, 5.74) is -0.890. The van der Waals surface area contributed by atoms with E-state index in [0.717, 1.165) is 0 Å². The van der Waals surface area contributed by atoms with Crippen LogP contribution in [-0.4, -0.2) is 22.5 Å². The van der Waals surface area contributed by atoms with Crippen molar-refractivity contribution in [1.82, 2.24) is 5.32 Å². The van der Waals surface area contributed by atoms with E-state index in [0.29, 0.717) is 5.56 Å². The summed E-state index contributed by atoms with van der Waals surface area (Å²) in [5.74, 6) is -2.38. The quantitative estimate of drug-likeness (QED) is 0.857. The molecule has 0 spiro atoms. The molecule has 0 bridgehead atoms. The van der Waals surface area contributed by atoms with Crippen LogP contribution in [0.1, 0.15) is 26.3 Å². The van der Waals surface area contributed by atoms with Gasteiger partial charge >= 0.3 is 5.97 Å². The lowest BCUT2D eigenvalue weighted by molar-refractivity contribution is -0.146. The van der Waals surface area contributed by atoms with Crippen molar-refractivity contribution >= 4 is 11.9 Å². The average molecular weight is 267 g/mol. The third-order valence-corrected chi connectivity index (χ3v) is 2.90. The zero-order chi connectivity index (χ0) is 14.6. The highest BCUT2D eigenvalue weighted by atomic mass is 19.1. The summed E-state index contributed by atoms with van der Waals surface area (Å²) < 4.78 is 13.5. The van der Waals surface area contributed by atoms with Crippen LogP contribution in [0.3, 0.4) is 0 Å². The molecule has 4 nitrogen and oxygen atoms in total. The summed E-state index contributed by atoms with van der Waals surface area (Å²) in [6, 6.07) is 6.23.